The van der Waals surface area contributed by atoms with Gasteiger partial charge in [-0.1, -0.05) is 37.4 Å². The Morgan fingerprint density at radius 3 is 1.48 bits per heavy atom. The van der Waals surface area contributed by atoms with Crippen molar-refractivity contribution >= 4 is 58.9 Å². The fourth-order valence-electron chi connectivity index (χ4n) is 6.79. The predicted molar refractivity (Wildman–Crippen MR) is 165 cm³/mol. The third-order valence-corrected chi connectivity index (χ3v) is 13.0. The van der Waals surface area contributed by atoms with Crippen molar-refractivity contribution in [3.8, 4) is 0 Å². The Hall–Kier alpha value is -1.32. The van der Waals surface area contributed by atoms with Crippen molar-refractivity contribution in [3.63, 3.8) is 0 Å². The van der Waals surface area contributed by atoms with Crippen LogP contribution in [0.25, 0.3) is 0 Å². The lowest BCUT2D eigenvalue weighted by molar-refractivity contribution is -0.173. The molecule has 6 aliphatic heterocycles. The number of thioether (sulfide) groups is 2. The second kappa shape index (κ2) is 14.2. The Morgan fingerprint density at radius 2 is 1.14 bits per heavy atom. The highest BCUT2D eigenvalue weighted by Crippen LogP contribution is 2.43. The minimum absolute atomic E-state index is 0.407. The van der Waals surface area contributed by atoms with Crippen LogP contribution < -0.4 is 0 Å². The van der Waals surface area contributed by atoms with Crippen LogP contribution in [0.3, 0.4) is 0 Å². The van der Waals surface area contributed by atoms with E-state index >= 15 is 0 Å². The number of aromatic nitrogens is 4. The first kappa shape index (κ1) is 30.7. The maximum absolute atomic E-state index is 12.7. The van der Waals surface area contributed by atoms with Gasteiger partial charge in [-0.05, 0) is 76.5 Å². The summed E-state index contributed by atoms with van der Waals surface area (Å²) in [4.78, 5) is 30.5. The SMILES string of the molecule is CCC(CSc1nsnc1C1CN2CCC1CC2)OC(=O)C(=O)OC(CC)CSc1nsnc1C1CN2CCC1CC2. The zero-order valence-electron chi connectivity index (χ0n) is 24.3. The third kappa shape index (κ3) is 6.98. The van der Waals surface area contributed by atoms with Crippen molar-refractivity contribution in [1.82, 2.24) is 27.3 Å². The van der Waals surface area contributed by atoms with Crippen molar-refractivity contribution in [2.75, 3.05) is 50.8 Å². The first-order valence-corrected chi connectivity index (χ1v) is 18.7. The Balaban J connectivity index is 0.974. The molecular formula is C28H40N6O4S4. The lowest BCUT2D eigenvalue weighted by Gasteiger charge is -2.44. The lowest BCUT2D eigenvalue weighted by Crippen LogP contribution is -2.46. The zero-order chi connectivity index (χ0) is 29.1. The molecule has 4 unspecified atom stereocenters. The quantitative estimate of drug-likeness (QED) is 0.182. The van der Waals surface area contributed by atoms with Gasteiger partial charge in [0.1, 0.15) is 22.3 Å². The second-order valence-electron chi connectivity index (χ2n) is 11.9. The van der Waals surface area contributed by atoms with Gasteiger partial charge < -0.3 is 19.3 Å². The molecule has 10 nitrogen and oxygen atoms in total. The summed E-state index contributed by atoms with van der Waals surface area (Å²) in [5.41, 5.74) is 2.19. The van der Waals surface area contributed by atoms with Crippen molar-refractivity contribution < 1.29 is 19.1 Å². The van der Waals surface area contributed by atoms with Crippen molar-refractivity contribution in [2.24, 2.45) is 11.8 Å². The first-order valence-electron chi connectivity index (χ1n) is 15.3. The average Bonchev–Trinajstić information content (AvgIpc) is 3.72. The number of hydrogen-bond acceptors (Lipinski definition) is 14. The minimum Gasteiger partial charge on any atom is -0.453 e. The third-order valence-electron chi connectivity index (χ3n) is 9.42. The van der Waals surface area contributed by atoms with Crippen LogP contribution in [0.5, 0.6) is 0 Å². The Labute approximate surface area is 264 Å². The number of esters is 2. The summed E-state index contributed by atoms with van der Waals surface area (Å²) < 4.78 is 29.6. The summed E-state index contributed by atoms with van der Waals surface area (Å²) in [6.07, 6.45) is 5.29. The van der Waals surface area contributed by atoms with Crippen LogP contribution in [0.2, 0.25) is 0 Å². The molecule has 0 amide bonds. The normalized spacial score (nSPS) is 29.8. The van der Waals surface area contributed by atoms with E-state index in [9.17, 15) is 9.59 Å². The average molecular weight is 653 g/mol. The van der Waals surface area contributed by atoms with Crippen molar-refractivity contribution in [3.05, 3.63) is 11.4 Å². The fourth-order valence-corrected chi connectivity index (χ4v) is 10.5. The van der Waals surface area contributed by atoms with E-state index in [0.29, 0.717) is 48.0 Å². The van der Waals surface area contributed by atoms with Gasteiger partial charge >= 0.3 is 11.9 Å². The summed E-state index contributed by atoms with van der Waals surface area (Å²) >= 11 is 5.66. The summed E-state index contributed by atoms with van der Waals surface area (Å²) in [5.74, 6) is 1.42. The molecule has 6 aliphatic rings. The number of piperidine rings is 6. The molecule has 0 spiro atoms. The standard InChI is InChI=1S/C28H40N6O4S4/c1-3-19(15-39-25-23(29-41-31-25)21-13-33-9-5-17(21)6-10-33)37-27(35)28(36)38-20(4-2)16-40-26-24(30-42-32-26)22-14-34-11-7-18(22)8-12-34/h17-22H,3-16H2,1-2H3. The Morgan fingerprint density at radius 1 is 0.738 bits per heavy atom. The number of hydrogen-bond donors (Lipinski definition) is 0. The molecule has 0 N–H and O–H groups in total. The molecular weight excluding hydrogens is 613 g/mol. The molecule has 2 aromatic heterocycles. The van der Waals surface area contributed by atoms with Gasteiger partial charge in [0.15, 0.2) is 0 Å². The molecule has 14 heteroatoms. The van der Waals surface area contributed by atoms with E-state index in [0.717, 1.165) is 34.5 Å². The monoisotopic (exact) mass is 652 g/mol. The molecule has 230 valence electrons. The molecule has 0 aromatic carbocycles. The van der Waals surface area contributed by atoms with Gasteiger partial charge in [0, 0.05) is 36.4 Å². The summed E-state index contributed by atoms with van der Waals surface area (Å²) in [7, 11) is 0. The largest absolute Gasteiger partial charge is 0.453 e. The van der Waals surface area contributed by atoms with E-state index in [1.54, 1.807) is 23.5 Å². The molecule has 42 heavy (non-hydrogen) atoms. The zero-order valence-corrected chi connectivity index (χ0v) is 27.6. The summed E-state index contributed by atoms with van der Waals surface area (Å²) in [6, 6.07) is 0. The van der Waals surface area contributed by atoms with Crippen LogP contribution in [0, 0.1) is 11.8 Å². The van der Waals surface area contributed by atoms with Crippen LogP contribution in [-0.2, 0) is 19.1 Å². The number of carbonyl (C=O) groups excluding carboxylic acids is 2. The Kier molecular flexibility index (Phi) is 10.4. The van der Waals surface area contributed by atoms with Crippen molar-refractivity contribution in [2.45, 2.75) is 86.5 Å². The number of rotatable bonds is 12. The minimum atomic E-state index is -0.928. The molecule has 2 aromatic rings. The van der Waals surface area contributed by atoms with Crippen LogP contribution in [0.15, 0.2) is 10.1 Å². The maximum Gasteiger partial charge on any atom is 0.417 e. The van der Waals surface area contributed by atoms with Crippen LogP contribution >= 0.6 is 47.0 Å². The van der Waals surface area contributed by atoms with Crippen LogP contribution in [0.4, 0.5) is 0 Å². The summed E-state index contributed by atoms with van der Waals surface area (Å²) in [6.45, 7) is 10.8. The number of ether oxygens (including phenoxy) is 2. The molecule has 8 rings (SSSR count). The van der Waals surface area contributed by atoms with Gasteiger partial charge in [-0.25, -0.2) is 9.59 Å². The van der Waals surface area contributed by atoms with Crippen LogP contribution in [-0.4, -0.2) is 102 Å². The highest BCUT2D eigenvalue weighted by molar-refractivity contribution is 7.99. The molecule has 8 heterocycles. The molecule has 4 bridgehead atoms. The topological polar surface area (TPSA) is 111 Å². The van der Waals surface area contributed by atoms with E-state index in [-0.39, 0.29) is 0 Å². The van der Waals surface area contributed by atoms with Gasteiger partial charge in [0.25, 0.3) is 0 Å². The van der Waals surface area contributed by atoms with Gasteiger partial charge in [-0.2, -0.15) is 17.5 Å². The highest BCUT2D eigenvalue weighted by atomic mass is 32.2. The van der Waals surface area contributed by atoms with Gasteiger partial charge in [-0.3, -0.25) is 0 Å². The number of nitrogens with zero attached hydrogens (tertiary/aromatic N) is 6. The van der Waals surface area contributed by atoms with E-state index < -0.39 is 24.1 Å². The molecule has 6 saturated heterocycles. The summed E-state index contributed by atoms with van der Waals surface area (Å²) in [5, 5.41) is 1.88. The predicted octanol–water partition coefficient (Wildman–Crippen LogP) is 4.54. The fraction of sp³-hybridized carbons (Fsp3) is 0.786. The molecule has 0 radical (unpaired) electrons. The Bertz CT molecular complexity index is 1120. The molecule has 0 saturated carbocycles. The number of carbonyl (C=O) groups is 2. The van der Waals surface area contributed by atoms with Crippen molar-refractivity contribution in [1.29, 1.82) is 0 Å². The first-order chi connectivity index (χ1) is 20.5. The van der Waals surface area contributed by atoms with Gasteiger partial charge in [-0.15, -0.1) is 0 Å². The van der Waals surface area contributed by atoms with E-state index in [1.165, 1.54) is 75.3 Å². The number of fused-ring (bicyclic) bond motifs is 6. The molecule has 6 fully saturated rings. The van der Waals surface area contributed by atoms with E-state index in [2.05, 4.69) is 27.3 Å². The van der Waals surface area contributed by atoms with E-state index in [4.69, 9.17) is 9.47 Å². The lowest BCUT2D eigenvalue weighted by atomic mass is 9.78. The second-order valence-corrected chi connectivity index (χ2v) is 15.0. The molecule has 0 aliphatic carbocycles. The highest BCUT2D eigenvalue weighted by Gasteiger charge is 2.39. The smallest absolute Gasteiger partial charge is 0.417 e. The van der Waals surface area contributed by atoms with Gasteiger partial charge in [0.2, 0.25) is 0 Å². The van der Waals surface area contributed by atoms with E-state index in [1.807, 2.05) is 13.8 Å². The van der Waals surface area contributed by atoms with Gasteiger partial charge in [0.05, 0.1) is 34.8 Å². The van der Waals surface area contributed by atoms with Crippen LogP contribution in [0.1, 0.15) is 75.6 Å². The molecule has 4 atom stereocenters. The maximum atomic E-state index is 12.7.